The lowest BCUT2D eigenvalue weighted by molar-refractivity contribution is -0.148. The number of ether oxygens (including phenoxy) is 7. The van der Waals surface area contributed by atoms with Crippen LogP contribution in [0.25, 0.3) is 21.8 Å². The zero-order valence-electron chi connectivity index (χ0n) is 66.8. The first kappa shape index (κ1) is 87.4. The monoisotopic (exact) mass is 1710 g/mol. The van der Waals surface area contributed by atoms with E-state index in [4.69, 9.17) is 39.0 Å². The minimum atomic E-state index is -4.24. The number of rotatable bonds is 13. The van der Waals surface area contributed by atoms with E-state index in [0.29, 0.717) is 70.4 Å². The van der Waals surface area contributed by atoms with Crippen molar-refractivity contribution in [2.24, 2.45) is 11.8 Å². The molecular weight excluding hydrogens is 1610 g/mol. The smallest absolute Gasteiger partial charge is 0.408 e. The summed E-state index contributed by atoms with van der Waals surface area (Å²) in [6.07, 6.45) is 24.4. The van der Waals surface area contributed by atoms with Crippen LogP contribution < -0.4 is 31.4 Å². The number of H-pyrrole nitrogens is 1. The largest absolute Gasteiger partial charge is 0.488 e. The van der Waals surface area contributed by atoms with Crippen molar-refractivity contribution in [3.8, 4) is 29.6 Å². The fourth-order valence-corrected chi connectivity index (χ4v) is 17.6. The van der Waals surface area contributed by atoms with Gasteiger partial charge in [0.2, 0.25) is 23.6 Å². The van der Waals surface area contributed by atoms with Crippen molar-refractivity contribution in [2.45, 2.75) is 225 Å². The van der Waals surface area contributed by atoms with Crippen LogP contribution in [-0.2, 0) is 71.5 Å². The van der Waals surface area contributed by atoms with Crippen LogP contribution >= 0.6 is 15.9 Å². The number of nitrogens with one attached hydrogen (secondary N) is 5. The number of aromatic nitrogens is 2. The second kappa shape index (κ2) is 38.8. The van der Waals surface area contributed by atoms with E-state index in [2.05, 4.69) is 88.9 Å². The Morgan fingerprint density at radius 1 is 0.607 bits per heavy atom. The van der Waals surface area contributed by atoms with Gasteiger partial charge in [0.25, 0.3) is 10.1 Å². The summed E-state index contributed by atoms with van der Waals surface area (Å²) < 4.78 is 70.0. The minimum Gasteiger partial charge on any atom is -0.488 e. The van der Waals surface area contributed by atoms with E-state index in [1.807, 2.05) is 30.4 Å². The summed E-state index contributed by atoms with van der Waals surface area (Å²) in [5.74, 6) is 0.884. The molecule has 6 fully saturated rings. The number of carbonyl (C=O) groups is 10. The van der Waals surface area contributed by atoms with E-state index in [1.165, 1.54) is 62.5 Å². The Morgan fingerprint density at radius 2 is 1.10 bits per heavy atom. The molecule has 4 aliphatic carbocycles. The number of methoxy groups -OCH3 is 4. The second-order valence-electron chi connectivity index (χ2n) is 31.6. The summed E-state index contributed by atoms with van der Waals surface area (Å²) in [6, 6.07) is 15.0. The van der Waals surface area contributed by atoms with E-state index in [0.717, 1.165) is 95.5 Å². The molecular formula is C85H105BrN8O21SSi. The molecule has 32 heteroatoms. The maximum Gasteiger partial charge on any atom is 0.408 e. The van der Waals surface area contributed by atoms with Gasteiger partial charge < -0.3 is 69.2 Å². The predicted octanol–water partition coefficient (Wildman–Crippen LogP) is 10.7. The Balaban J connectivity index is 0.000000217. The second-order valence-corrected chi connectivity index (χ2v) is 38.9. The molecule has 4 aliphatic heterocycles. The van der Waals surface area contributed by atoms with Crippen molar-refractivity contribution in [2.75, 3.05) is 41.5 Å². The van der Waals surface area contributed by atoms with Crippen LogP contribution in [0.1, 0.15) is 176 Å². The highest BCUT2D eigenvalue weighted by Crippen LogP contribution is 2.48. The standard InChI is InChI=1S/C38H44N4O9.C31H40BrN3O9S.C16H17NO3Si.2H2/c1-4-23-13-12-17-27-31(20-29(35(45)48-2)39-32(23)27)50-26-19-30-33(43)41-38(36(46)49-3)21-24(38)14-8-6-5-7-9-18-28(34(44)42(30)22-26)40-37(47)51-25-15-10-11-16-25;1-42-29(38)31-18-20(31)9-5-3-2-4-6-12-25(33-30(39)43-22-10-7-8-11-22)28(37)35-19-23(17-26(35)27(36)34-31)44-45(40,41)24-15-13-21(32)14-16-24;1-20-16(19)13-10-14(18)12-7-5-6-11(15(12)17-13)8-9-21(2,3)4;;/h1,8,12-14,17,20,24-26,28,30H,5-7,9-11,15-16,18-19,21-22H2,2-3H3,(H,40,47)(H,41,43);5,9,13-16,20,22-23,25-26H,2-4,6-8,10-12,17-19H2,1H3,(H,33,39)(H,34,36);5-7,10H,1-4H3,(H,17,18);2*1H/b14-8-;9-5-;;;/t24?,26-,28+,30+,38-;20?,23-,25-,26-,31+;;;/m10.../s1. The van der Waals surface area contributed by atoms with Gasteiger partial charge in [-0.15, -0.1) is 12.0 Å². The normalized spacial score (nSPS) is 25.5. The van der Waals surface area contributed by atoms with Crippen LogP contribution in [0.3, 0.4) is 0 Å². The molecule has 5 aromatic rings. The van der Waals surface area contributed by atoms with Crippen molar-refractivity contribution < 1.29 is 96.6 Å². The molecule has 6 heterocycles. The third-order valence-corrected chi connectivity index (χ3v) is 24.9. The number of pyridine rings is 2. The summed E-state index contributed by atoms with van der Waals surface area (Å²) in [7, 11) is -0.717. The lowest BCUT2D eigenvalue weighted by atomic mass is 10.0. The Kier molecular flexibility index (Phi) is 29.0. The van der Waals surface area contributed by atoms with E-state index in [9.17, 15) is 61.2 Å². The van der Waals surface area contributed by atoms with Gasteiger partial charge in [0.1, 0.15) is 73.1 Å². The van der Waals surface area contributed by atoms with Gasteiger partial charge in [-0.05, 0) is 151 Å². The Hall–Kier alpha value is -10.4. The Morgan fingerprint density at radius 3 is 1.61 bits per heavy atom. The maximum absolute atomic E-state index is 14.4. The van der Waals surface area contributed by atoms with Crippen molar-refractivity contribution in [3.63, 3.8) is 0 Å². The molecule has 628 valence electrons. The number of alkyl carbamates (subject to hydrolysis) is 2. The number of carbonyl (C=O) groups excluding carboxylic acids is 10. The Labute approximate surface area is 692 Å². The molecule has 0 bridgehead atoms. The first-order chi connectivity index (χ1) is 56.0. The third kappa shape index (κ3) is 21.7. The van der Waals surface area contributed by atoms with Crippen LogP contribution in [0.4, 0.5) is 9.59 Å². The lowest BCUT2D eigenvalue weighted by Gasteiger charge is -2.29. The third-order valence-electron chi connectivity index (χ3n) is 22.2. The highest BCUT2D eigenvalue weighted by molar-refractivity contribution is 9.10. The van der Waals surface area contributed by atoms with E-state index < -0.39 is 125 Å². The first-order valence-corrected chi connectivity index (χ1v) is 45.5. The summed E-state index contributed by atoms with van der Waals surface area (Å²) in [6.45, 7) is 6.21. The van der Waals surface area contributed by atoms with Crippen LogP contribution in [-0.4, -0.2) is 197 Å². The molecule has 0 spiro atoms. The van der Waals surface area contributed by atoms with Gasteiger partial charge in [0.05, 0.1) is 62.6 Å². The molecule has 2 aromatic heterocycles. The molecule has 10 atom stereocenters. The number of fused-ring (bicyclic) bond motifs is 6. The number of aromatic amines is 1. The molecule has 4 saturated carbocycles. The van der Waals surface area contributed by atoms with Crippen molar-refractivity contribution in [1.82, 2.24) is 41.0 Å². The molecule has 3 aromatic carbocycles. The fourth-order valence-electron chi connectivity index (χ4n) is 15.8. The number of esters is 4. The number of allylic oxidation sites excluding steroid dienone is 2. The molecule has 13 rings (SSSR count). The van der Waals surface area contributed by atoms with E-state index in [1.54, 1.807) is 42.5 Å². The van der Waals surface area contributed by atoms with Gasteiger partial charge in [0.15, 0.2) is 11.1 Å². The van der Waals surface area contributed by atoms with Crippen molar-refractivity contribution in [3.05, 3.63) is 134 Å². The zero-order chi connectivity index (χ0) is 83.9. The molecule has 5 N–H and O–H groups in total. The number of hydrogen-bond donors (Lipinski definition) is 5. The molecule has 8 aliphatic rings. The number of benzene rings is 3. The first-order valence-electron chi connectivity index (χ1n) is 39.8. The number of hydrogen-bond acceptors (Lipinski definition) is 22. The average Bonchev–Trinajstić information content (AvgIpc) is 1.58. The zero-order valence-corrected chi connectivity index (χ0v) is 70.2. The summed E-state index contributed by atoms with van der Waals surface area (Å²) in [4.78, 5) is 155. The summed E-state index contributed by atoms with van der Waals surface area (Å²) in [5.41, 5.74) is 2.73. The molecule has 2 unspecified atom stereocenters. The molecule has 117 heavy (non-hydrogen) atoms. The van der Waals surface area contributed by atoms with Crippen LogP contribution in [0.15, 0.2) is 111 Å². The molecule has 2 saturated heterocycles. The van der Waals surface area contributed by atoms with Crippen molar-refractivity contribution >= 4 is 116 Å². The summed E-state index contributed by atoms with van der Waals surface area (Å²) >= 11 is 3.28. The van der Waals surface area contributed by atoms with Gasteiger partial charge in [0, 0.05) is 67.0 Å². The number of amides is 6. The van der Waals surface area contributed by atoms with Gasteiger partial charge in [-0.1, -0.05) is 110 Å². The van der Waals surface area contributed by atoms with Crippen LogP contribution in [0.2, 0.25) is 19.6 Å². The average molecular weight is 1710 g/mol. The predicted molar refractivity (Wildman–Crippen MR) is 440 cm³/mol. The Bertz CT molecular complexity index is 4960. The minimum absolute atomic E-state index is 0. The quantitative estimate of drug-likeness (QED) is 0.0182. The highest BCUT2D eigenvalue weighted by Gasteiger charge is 2.63. The van der Waals surface area contributed by atoms with Crippen molar-refractivity contribution in [1.29, 1.82) is 0 Å². The van der Waals surface area contributed by atoms with Gasteiger partial charge in [-0.25, -0.2) is 33.8 Å². The molecule has 29 nitrogen and oxygen atoms in total. The van der Waals surface area contributed by atoms with Crippen LogP contribution in [0.5, 0.6) is 5.75 Å². The number of terminal acetylenes is 1. The fraction of sp³-hybridized carbons (Fsp3) is 0.506. The number of nitrogens with zero attached hydrogens (tertiary/aromatic N) is 3. The maximum atomic E-state index is 14.4. The lowest BCUT2D eigenvalue weighted by Crippen LogP contribution is -2.56. The topological polar surface area (TPSA) is 379 Å². The molecule has 6 amide bonds. The number of para-hydroxylation sites is 2. The summed E-state index contributed by atoms with van der Waals surface area (Å²) in [5, 5.41) is 12.3. The highest BCUT2D eigenvalue weighted by atomic mass is 79.9. The molecule has 0 radical (unpaired) electrons. The van der Waals surface area contributed by atoms with E-state index in [-0.39, 0.29) is 80.3 Å². The number of halogens is 1. The SMILES string of the molecule is C#Cc1cccc2c(O[C@@H]3C[C@H]4C(=O)N[C@]5(C(=O)OC)CC5/C=C\CCCCC[C@H](NC(=O)OC5CCCC5)C(=O)N4C3)cc(C(=O)OC)nc12.COC(=O)[C@@]12CC1/C=C\CCCCC[C@H](NC(=O)OC1CCCC1)C(=O)N1C[C@@H](OS(=O)(=O)c3ccc(Br)cc3)C[C@H]1C(=O)N2.COC(=O)c1cc(=O)c2cccc(C#C[Si](C)(C)C)c2[nH]1.[HH].[HH]. The van der Waals surface area contributed by atoms with Gasteiger partial charge >= 0.3 is 36.1 Å². The van der Waals surface area contributed by atoms with Gasteiger partial charge in [-0.2, -0.15) is 8.42 Å². The van der Waals surface area contributed by atoms with E-state index >= 15 is 0 Å². The van der Waals surface area contributed by atoms with Gasteiger partial charge in [-0.3, -0.25) is 28.2 Å². The van der Waals surface area contributed by atoms with Crippen LogP contribution in [0, 0.1) is 35.6 Å².